The second-order valence-electron chi connectivity index (χ2n) is 4.79. The standard InChI is InChI=1S/C16H18N2O/c1-18-12-13(15-6-2-3-7-16(15)18)11-17-9-8-14-5-4-10-19-14/h2-7,10,12,17H,8-9,11H2,1H3. The van der Waals surface area contributed by atoms with Crippen molar-refractivity contribution in [3.63, 3.8) is 0 Å². The molecule has 0 amide bonds. The minimum atomic E-state index is 0.891. The van der Waals surface area contributed by atoms with E-state index in [2.05, 4.69) is 47.4 Å². The minimum absolute atomic E-state index is 0.891. The van der Waals surface area contributed by atoms with Gasteiger partial charge in [0.2, 0.25) is 0 Å². The van der Waals surface area contributed by atoms with Crippen LogP contribution in [0, 0.1) is 0 Å². The molecule has 0 spiro atoms. The van der Waals surface area contributed by atoms with Gasteiger partial charge in [-0.3, -0.25) is 0 Å². The van der Waals surface area contributed by atoms with Gasteiger partial charge < -0.3 is 14.3 Å². The third-order valence-corrected chi connectivity index (χ3v) is 3.42. The van der Waals surface area contributed by atoms with Crippen LogP contribution in [-0.4, -0.2) is 11.1 Å². The zero-order chi connectivity index (χ0) is 13.1. The summed E-state index contributed by atoms with van der Waals surface area (Å²) in [5, 5.41) is 4.80. The SMILES string of the molecule is Cn1cc(CNCCc2ccco2)c2ccccc21. The highest BCUT2D eigenvalue weighted by atomic mass is 16.3. The molecule has 3 heteroatoms. The van der Waals surface area contributed by atoms with Crippen LogP contribution in [0.2, 0.25) is 0 Å². The van der Waals surface area contributed by atoms with E-state index in [1.54, 1.807) is 6.26 Å². The van der Waals surface area contributed by atoms with Crippen LogP contribution in [0.15, 0.2) is 53.3 Å². The Bertz CT molecular complexity index is 653. The summed E-state index contributed by atoms with van der Waals surface area (Å²) in [4.78, 5) is 0. The van der Waals surface area contributed by atoms with E-state index in [1.807, 2.05) is 12.1 Å². The van der Waals surface area contributed by atoms with Crippen molar-refractivity contribution >= 4 is 10.9 Å². The summed E-state index contributed by atoms with van der Waals surface area (Å²) in [6.07, 6.45) is 4.85. The molecule has 3 rings (SSSR count). The van der Waals surface area contributed by atoms with Crippen molar-refractivity contribution in [3.05, 3.63) is 60.2 Å². The van der Waals surface area contributed by atoms with Crippen molar-refractivity contribution in [1.82, 2.24) is 9.88 Å². The minimum Gasteiger partial charge on any atom is -0.469 e. The highest BCUT2D eigenvalue weighted by Gasteiger charge is 2.05. The summed E-state index contributed by atoms with van der Waals surface area (Å²) in [6, 6.07) is 12.4. The second-order valence-corrected chi connectivity index (χ2v) is 4.79. The maximum Gasteiger partial charge on any atom is 0.105 e. The number of aryl methyl sites for hydroxylation is 1. The zero-order valence-electron chi connectivity index (χ0n) is 11.1. The first-order chi connectivity index (χ1) is 9.34. The Morgan fingerprint density at radius 2 is 2.05 bits per heavy atom. The Morgan fingerprint density at radius 3 is 2.89 bits per heavy atom. The van der Waals surface area contributed by atoms with Gasteiger partial charge in [-0.05, 0) is 23.8 Å². The van der Waals surface area contributed by atoms with Gasteiger partial charge in [-0.2, -0.15) is 0 Å². The molecule has 2 aromatic heterocycles. The monoisotopic (exact) mass is 254 g/mol. The molecule has 0 aliphatic carbocycles. The average molecular weight is 254 g/mol. The van der Waals surface area contributed by atoms with Crippen molar-refractivity contribution in [3.8, 4) is 0 Å². The van der Waals surface area contributed by atoms with Crippen LogP contribution in [0.25, 0.3) is 10.9 Å². The number of rotatable bonds is 5. The van der Waals surface area contributed by atoms with Crippen LogP contribution in [0.4, 0.5) is 0 Å². The number of benzene rings is 1. The van der Waals surface area contributed by atoms with Gasteiger partial charge in [0, 0.05) is 43.7 Å². The van der Waals surface area contributed by atoms with Crippen LogP contribution < -0.4 is 5.32 Å². The summed E-state index contributed by atoms with van der Waals surface area (Å²) < 4.78 is 7.50. The fourth-order valence-electron chi connectivity index (χ4n) is 2.46. The van der Waals surface area contributed by atoms with E-state index < -0.39 is 0 Å². The summed E-state index contributed by atoms with van der Waals surface area (Å²) in [5.41, 5.74) is 2.63. The molecule has 3 nitrogen and oxygen atoms in total. The lowest BCUT2D eigenvalue weighted by Crippen LogP contribution is -2.16. The molecule has 0 aliphatic rings. The predicted molar refractivity (Wildman–Crippen MR) is 77.0 cm³/mol. The third-order valence-electron chi connectivity index (χ3n) is 3.42. The number of para-hydroxylation sites is 1. The number of hydrogen-bond donors (Lipinski definition) is 1. The maximum absolute atomic E-state index is 5.32. The number of aromatic nitrogens is 1. The number of fused-ring (bicyclic) bond motifs is 1. The molecular weight excluding hydrogens is 236 g/mol. The normalized spacial score (nSPS) is 11.2. The molecule has 0 saturated heterocycles. The van der Waals surface area contributed by atoms with Gasteiger partial charge in [0.25, 0.3) is 0 Å². The topological polar surface area (TPSA) is 30.1 Å². The van der Waals surface area contributed by atoms with Gasteiger partial charge in [0.15, 0.2) is 0 Å². The lowest BCUT2D eigenvalue weighted by molar-refractivity contribution is 0.499. The van der Waals surface area contributed by atoms with Gasteiger partial charge in [0.05, 0.1) is 6.26 Å². The Morgan fingerprint density at radius 1 is 1.16 bits per heavy atom. The van der Waals surface area contributed by atoms with Gasteiger partial charge in [-0.1, -0.05) is 18.2 Å². The number of nitrogens with one attached hydrogen (secondary N) is 1. The Balaban J connectivity index is 1.62. The first-order valence-corrected chi connectivity index (χ1v) is 6.60. The highest BCUT2D eigenvalue weighted by molar-refractivity contribution is 5.83. The Kier molecular flexibility index (Phi) is 3.38. The van der Waals surface area contributed by atoms with Crippen LogP contribution >= 0.6 is 0 Å². The predicted octanol–water partition coefficient (Wildman–Crippen LogP) is 3.10. The van der Waals surface area contributed by atoms with Gasteiger partial charge in [-0.15, -0.1) is 0 Å². The van der Waals surface area contributed by atoms with Crippen LogP contribution in [0.1, 0.15) is 11.3 Å². The lowest BCUT2D eigenvalue weighted by atomic mass is 10.2. The van der Waals surface area contributed by atoms with Crippen molar-refractivity contribution < 1.29 is 4.42 Å². The number of furan rings is 1. The van der Waals surface area contributed by atoms with Gasteiger partial charge in [0.1, 0.15) is 5.76 Å². The summed E-state index contributed by atoms with van der Waals surface area (Å²) in [7, 11) is 2.09. The van der Waals surface area contributed by atoms with E-state index in [-0.39, 0.29) is 0 Å². The molecular formula is C16H18N2O. The second kappa shape index (κ2) is 5.33. The Labute approximate surface area is 112 Å². The lowest BCUT2D eigenvalue weighted by Gasteiger charge is -2.02. The molecule has 1 aromatic carbocycles. The van der Waals surface area contributed by atoms with Crippen molar-refractivity contribution in [2.24, 2.45) is 7.05 Å². The Hall–Kier alpha value is -2.00. The van der Waals surface area contributed by atoms with E-state index in [9.17, 15) is 0 Å². The molecule has 2 heterocycles. The molecule has 98 valence electrons. The van der Waals surface area contributed by atoms with E-state index >= 15 is 0 Å². The van der Waals surface area contributed by atoms with Crippen LogP contribution in [0.5, 0.6) is 0 Å². The van der Waals surface area contributed by atoms with Crippen molar-refractivity contribution in [1.29, 1.82) is 0 Å². The molecule has 0 bridgehead atoms. The van der Waals surface area contributed by atoms with Crippen LogP contribution in [-0.2, 0) is 20.0 Å². The highest BCUT2D eigenvalue weighted by Crippen LogP contribution is 2.19. The third kappa shape index (κ3) is 2.56. The smallest absolute Gasteiger partial charge is 0.105 e. The first-order valence-electron chi connectivity index (χ1n) is 6.60. The molecule has 3 aromatic rings. The number of hydrogen-bond acceptors (Lipinski definition) is 2. The van der Waals surface area contributed by atoms with E-state index in [1.165, 1.54) is 16.5 Å². The summed E-state index contributed by atoms with van der Waals surface area (Å²) in [6.45, 7) is 1.82. The zero-order valence-corrected chi connectivity index (χ0v) is 11.1. The summed E-state index contributed by atoms with van der Waals surface area (Å²) >= 11 is 0. The van der Waals surface area contributed by atoms with Crippen LogP contribution in [0.3, 0.4) is 0 Å². The van der Waals surface area contributed by atoms with E-state index in [0.29, 0.717) is 0 Å². The summed E-state index contributed by atoms with van der Waals surface area (Å²) in [5.74, 6) is 1.03. The van der Waals surface area contributed by atoms with Gasteiger partial charge in [-0.25, -0.2) is 0 Å². The molecule has 0 atom stereocenters. The fourth-order valence-corrected chi connectivity index (χ4v) is 2.46. The first kappa shape index (κ1) is 12.1. The average Bonchev–Trinajstić information content (AvgIpc) is 3.04. The van der Waals surface area contributed by atoms with Crippen molar-refractivity contribution in [2.45, 2.75) is 13.0 Å². The largest absolute Gasteiger partial charge is 0.469 e. The quantitative estimate of drug-likeness (QED) is 0.709. The molecule has 1 N–H and O–H groups in total. The fraction of sp³-hybridized carbons (Fsp3) is 0.250. The molecule has 19 heavy (non-hydrogen) atoms. The van der Waals surface area contributed by atoms with Gasteiger partial charge >= 0.3 is 0 Å². The van der Waals surface area contributed by atoms with Crippen molar-refractivity contribution in [2.75, 3.05) is 6.54 Å². The molecule has 0 fully saturated rings. The van der Waals surface area contributed by atoms with E-state index in [4.69, 9.17) is 4.42 Å². The molecule has 0 radical (unpaired) electrons. The molecule has 0 unspecified atom stereocenters. The molecule has 0 saturated carbocycles. The molecule has 0 aliphatic heterocycles. The maximum atomic E-state index is 5.32. The number of nitrogens with zero attached hydrogens (tertiary/aromatic N) is 1. The van der Waals surface area contributed by atoms with E-state index in [0.717, 1.165) is 25.3 Å².